The molecule has 1 aliphatic heterocycles. The van der Waals surface area contributed by atoms with E-state index >= 15 is 0 Å². The molecule has 0 saturated carbocycles. The molecule has 1 unspecified atom stereocenters. The van der Waals surface area contributed by atoms with Crippen LogP contribution in [-0.2, 0) is 14.4 Å². The van der Waals surface area contributed by atoms with Crippen molar-refractivity contribution in [2.75, 3.05) is 16.9 Å². The number of benzene rings is 1. The first-order chi connectivity index (χ1) is 12.2. The van der Waals surface area contributed by atoms with Gasteiger partial charge >= 0.3 is 5.97 Å². The summed E-state index contributed by atoms with van der Waals surface area (Å²) in [5, 5.41) is 10.9. The van der Waals surface area contributed by atoms with Crippen molar-refractivity contribution in [2.45, 2.75) is 25.1 Å². The minimum Gasteiger partial charge on any atom is -0.480 e. The monoisotopic (exact) mass is 396 g/mol. The molecule has 0 aromatic heterocycles. The summed E-state index contributed by atoms with van der Waals surface area (Å²) in [5.41, 5.74) is 0.927. The SMILES string of the molecule is CC(=O)Nc1ccc(C(=O)C(S)[C@@H](C)C(=O)N2CSC[C@H]2C(=O)O)cc1. The van der Waals surface area contributed by atoms with E-state index in [-0.39, 0.29) is 11.7 Å². The highest BCUT2D eigenvalue weighted by molar-refractivity contribution is 7.99. The molecule has 2 amide bonds. The van der Waals surface area contributed by atoms with Crippen LogP contribution in [0.25, 0.3) is 0 Å². The Hall–Kier alpha value is -2.00. The molecule has 1 aromatic carbocycles. The number of carbonyl (C=O) groups is 4. The van der Waals surface area contributed by atoms with E-state index in [1.54, 1.807) is 31.2 Å². The summed E-state index contributed by atoms with van der Waals surface area (Å²) in [6, 6.07) is 5.43. The number of thioether (sulfide) groups is 1. The van der Waals surface area contributed by atoms with Crippen molar-refractivity contribution < 1.29 is 24.3 Å². The molecule has 1 saturated heterocycles. The van der Waals surface area contributed by atoms with Crippen molar-refractivity contribution in [3.8, 4) is 0 Å². The lowest BCUT2D eigenvalue weighted by Gasteiger charge is -2.26. The highest BCUT2D eigenvalue weighted by Gasteiger charge is 2.39. The van der Waals surface area contributed by atoms with Gasteiger partial charge < -0.3 is 15.3 Å². The van der Waals surface area contributed by atoms with Gasteiger partial charge in [0, 0.05) is 23.9 Å². The molecule has 1 heterocycles. The van der Waals surface area contributed by atoms with E-state index in [0.29, 0.717) is 22.9 Å². The van der Waals surface area contributed by atoms with Gasteiger partial charge in [0.2, 0.25) is 11.8 Å². The Morgan fingerprint density at radius 1 is 1.27 bits per heavy atom. The van der Waals surface area contributed by atoms with Gasteiger partial charge in [-0.1, -0.05) is 6.92 Å². The van der Waals surface area contributed by atoms with Crippen molar-refractivity contribution in [3.63, 3.8) is 0 Å². The van der Waals surface area contributed by atoms with Gasteiger partial charge in [-0.25, -0.2) is 4.79 Å². The molecule has 0 spiro atoms. The van der Waals surface area contributed by atoms with E-state index in [2.05, 4.69) is 17.9 Å². The molecule has 7 nitrogen and oxygen atoms in total. The lowest BCUT2D eigenvalue weighted by atomic mass is 9.97. The number of hydrogen-bond acceptors (Lipinski definition) is 6. The molecule has 2 N–H and O–H groups in total. The van der Waals surface area contributed by atoms with Crippen LogP contribution < -0.4 is 5.32 Å². The minimum atomic E-state index is -1.05. The first-order valence-electron chi connectivity index (χ1n) is 7.93. The maximum absolute atomic E-state index is 12.6. The zero-order chi connectivity index (χ0) is 19.4. The van der Waals surface area contributed by atoms with Gasteiger partial charge in [-0.3, -0.25) is 14.4 Å². The van der Waals surface area contributed by atoms with Crippen LogP contribution in [0.3, 0.4) is 0 Å². The molecule has 140 valence electrons. The van der Waals surface area contributed by atoms with Crippen LogP contribution in [0.4, 0.5) is 5.69 Å². The third-order valence-electron chi connectivity index (χ3n) is 4.07. The Morgan fingerprint density at radius 2 is 1.88 bits per heavy atom. The highest BCUT2D eigenvalue weighted by Crippen LogP contribution is 2.26. The number of nitrogens with zero attached hydrogens (tertiary/aromatic N) is 1. The van der Waals surface area contributed by atoms with E-state index in [4.69, 9.17) is 0 Å². The standard InChI is InChI=1S/C17H20N2O5S2/c1-9(16(22)19-8-26-7-13(19)17(23)24)15(25)14(21)11-3-5-12(6-4-11)18-10(2)20/h3-6,9,13,15,25H,7-8H2,1-2H3,(H,18,20)(H,23,24)/t9-,13+,15?/m1/s1. The fourth-order valence-corrected chi connectivity index (χ4v) is 4.01. The smallest absolute Gasteiger partial charge is 0.327 e. The van der Waals surface area contributed by atoms with Crippen molar-refractivity contribution in [1.29, 1.82) is 0 Å². The average Bonchev–Trinajstić information content (AvgIpc) is 3.09. The number of hydrogen-bond donors (Lipinski definition) is 3. The Bertz CT molecular complexity index is 722. The first kappa shape index (κ1) is 20.3. The van der Waals surface area contributed by atoms with Gasteiger partial charge in [-0.2, -0.15) is 12.6 Å². The maximum Gasteiger partial charge on any atom is 0.327 e. The van der Waals surface area contributed by atoms with E-state index in [1.807, 2.05) is 0 Å². The fraction of sp³-hybridized carbons (Fsp3) is 0.412. The number of nitrogens with one attached hydrogen (secondary N) is 1. The summed E-state index contributed by atoms with van der Waals surface area (Å²) >= 11 is 5.67. The summed E-state index contributed by atoms with van der Waals surface area (Å²) in [5.74, 6) is -2.13. The number of aliphatic carboxylic acids is 1. The van der Waals surface area contributed by atoms with Crippen LogP contribution in [0.15, 0.2) is 24.3 Å². The number of thiol groups is 1. The third kappa shape index (κ3) is 4.59. The van der Waals surface area contributed by atoms with Gasteiger partial charge in [-0.05, 0) is 24.3 Å². The topological polar surface area (TPSA) is 104 Å². The molecule has 1 aromatic rings. The molecule has 3 atom stereocenters. The van der Waals surface area contributed by atoms with Crippen LogP contribution in [0.2, 0.25) is 0 Å². The summed E-state index contributed by atoms with van der Waals surface area (Å²) in [6.07, 6.45) is 0. The fourth-order valence-electron chi connectivity index (χ4n) is 2.58. The number of carboxylic acid groups (broad SMARTS) is 1. The molecule has 26 heavy (non-hydrogen) atoms. The van der Waals surface area contributed by atoms with E-state index in [0.717, 1.165) is 0 Å². The normalized spacial score (nSPS) is 18.9. The molecular formula is C17H20N2O5S2. The number of carboxylic acids is 1. The summed E-state index contributed by atoms with van der Waals surface area (Å²) < 4.78 is 0. The Balaban J connectivity index is 2.08. The number of ketones is 1. The van der Waals surface area contributed by atoms with Gasteiger partial charge in [0.25, 0.3) is 0 Å². The van der Waals surface area contributed by atoms with Crippen LogP contribution >= 0.6 is 24.4 Å². The van der Waals surface area contributed by atoms with Crippen molar-refractivity contribution in [3.05, 3.63) is 29.8 Å². The maximum atomic E-state index is 12.6. The average molecular weight is 396 g/mol. The van der Waals surface area contributed by atoms with Gasteiger partial charge in [0.1, 0.15) is 6.04 Å². The summed E-state index contributed by atoms with van der Waals surface area (Å²) in [7, 11) is 0. The van der Waals surface area contributed by atoms with Crippen molar-refractivity contribution in [2.24, 2.45) is 5.92 Å². The van der Waals surface area contributed by atoms with E-state index in [1.165, 1.54) is 23.6 Å². The zero-order valence-corrected chi connectivity index (χ0v) is 16.0. The Morgan fingerprint density at radius 3 is 2.42 bits per heavy atom. The summed E-state index contributed by atoms with van der Waals surface area (Å²) in [6.45, 7) is 2.96. The molecule has 2 rings (SSSR count). The lowest BCUT2D eigenvalue weighted by Crippen LogP contribution is -2.46. The number of anilines is 1. The quantitative estimate of drug-likeness (QED) is 0.500. The van der Waals surface area contributed by atoms with Gasteiger partial charge in [0.15, 0.2) is 5.78 Å². The van der Waals surface area contributed by atoms with Crippen LogP contribution in [-0.4, -0.2) is 56.5 Å². The number of rotatable bonds is 6. The summed E-state index contributed by atoms with van der Waals surface area (Å²) in [4.78, 5) is 48.8. The van der Waals surface area contributed by atoms with E-state index < -0.39 is 29.1 Å². The molecule has 1 aliphatic rings. The highest BCUT2D eigenvalue weighted by atomic mass is 32.2. The van der Waals surface area contributed by atoms with Gasteiger partial charge in [0.05, 0.1) is 17.0 Å². The lowest BCUT2D eigenvalue weighted by molar-refractivity contribution is -0.149. The first-order valence-corrected chi connectivity index (χ1v) is 9.60. The van der Waals surface area contributed by atoms with Crippen molar-refractivity contribution >= 4 is 53.6 Å². The Labute approximate surface area is 160 Å². The predicted molar refractivity (Wildman–Crippen MR) is 103 cm³/mol. The number of Topliss-reactive ketones (excluding diaryl/α,β-unsaturated/α-hetero) is 1. The second-order valence-electron chi connectivity index (χ2n) is 6.02. The van der Waals surface area contributed by atoms with Gasteiger partial charge in [-0.15, -0.1) is 11.8 Å². The molecule has 9 heteroatoms. The van der Waals surface area contributed by atoms with Crippen LogP contribution in [0, 0.1) is 5.92 Å². The second kappa shape index (κ2) is 8.59. The van der Waals surface area contributed by atoms with Crippen LogP contribution in [0.5, 0.6) is 0 Å². The van der Waals surface area contributed by atoms with Crippen molar-refractivity contribution in [1.82, 2.24) is 4.90 Å². The molecule has 0 aliphatic carbocycles. The number of carbonyl (C=O) groups excluding carboxylic acids is 3. The largest absolute Gasteiger partial charge is 0.480 e. The zero-order valence-electron chi connectivity index (χ0n) is 14.3. The van der Waals surface area contributed by atoms with E-state index in [9.17, 15) is 24.3 Å². The number of amides is 2. The predicted octanol–water partition coefficient (Wildman–Crippen LogP) is 1.75. The second-order valence-corrected chi connectivity index (χ2v) is 7.57. The Kier molecular flexibility index (Phi) is 6.71. The van der Waals surface area contributed by atoms with Crippen LogP contribution in [0.1, 0.15) is 24.2 Å². The third-order valence-corrected chi connectivity index (χ3v) is 5.77. The minimum absolute atomic E-state index is 0.216. The molecule has 0 radical (unpaired) electrons. The molecule has 0 bridgehead atoms. The molecular weight excluding hydrogens is 376 g/mol. The molecule has 1 fully saturated rings.